The number of rotatable bonds is 5. The van der Waals surface area contributed by atoms with E-state index in [1.807, 2.05) is 6.92 Å². The van der Waals surface area contributed by atoms with Gasteiger partial charge < -0.3 is 15.2 Å². The SMILES string of the molecule is CCOc1ncc(C(CN)N2CCOCC2)cn1. The highest BCUT2D eigenvalue weighted by Crippen LogP contribution is 2.20. The van der Waals surface area contributed by atoms with Gasteiger partial charge >= 0.3 is 6.01 Å². The monoisotopic (exact) mass is 252 g/mol. The smallest absolute Gasteiger partial charge is 0.316 e. The molecule has 1 aromatic heterocycles. The Morgan fingerprint density at radius 1 is 1.39 bits per heavy atom. The molecule has 2 N–H and O–H groups in total. The highest BCUT2D eigenvalue weighted by molar-refractivity contribution is 5.13. The number of hydrogen-bond acceptors (Lipinski definition) is 6. The second-order valence-corrected chi connectivity index (χ2v) is 4.13. The molecule has 2 heterocycles. The van der Waals surface area contributed by atoms with Crippen molar-refractivity contribution in [2.75, 3.05) is 39.5 Å². The quantitative estimate of drug-likeness (QED) is 0.807. The Morgan fingerprint density at radius 2 is 2.06 bits per heavy atom. The Morgan fingerprint density at radius 3 is 2.61 bits per heavy atom. The molecule has 0 aromatic carbocycles. The fourth-order valence-electron chi connectivity index (χ4n) is 2.09. The number of nitrogens with zero attached hydrogens (tertiary/aromatic N) is 3. The third kappa shape index (κ3) is 3.16. The van der Waals surface area contributed by atoms with Crippen LogP contribution in [-0.4, -0.2) is 54.3 Å². The molecule has 6 heteroatoms. The van der Waals surface area contributed by atoms with Crippen LogP contribution in [0.25, 0.3) is 0 Å². The zero-order valence-corrected chi connectivity index (χ0v) is 10.7. The van der Waals surface area contributed by atoms with Crippen molar-refractivity contribution in [2.45, 2.75) is 13.0 Å². The standard InChI is InChI=1S/C12H20N4O2/c1-2-18-12-14-8-10(9-15-12)11(7-13)16-3-5-17-6-4-16/h8-9,11H,2-7,13H2,1H3. The first-order chi connectivity index (χ1) is 8.85. The summed E-state index contributed by atoms with van der Waals surface area (Å²) in [6, 6.07) is 0.573. The van der Waals surface area contributed by atoms with Crippen molar-refractivity contribution in [3.63, 3.8) is 0 Å². The van der Waals surface area contributed by atoms with Crippen LogP contribution in [-0.2, 0) is 4.74 Å². The maximum absolute atomic E-state index is 5.86. The van der Waals surface area contributed by atoms with Crippen LogP contribution in [0.2, 0.25) is 0 Å². The third-order valence-corrected chi connectivity index (χ3v) is 3.02. The van der Waals surface area contributed by atoms with Gasteiger partial charge in [0.1, 0.15) is 0 Å². The summed E-state index contributed by atoms with van der Waals surface area (Å²) < 4.78 is 10.6. The Hall–Kier alpha value is -1.24. The summed E-state index contributed by atoms with van der Waals surface area (Å²) in [6.07, 6.45) is 3.59. The van der Waals surface area contributed by atoms with Gasteiger partial charge in [0.15, 0.2) is 0 Å². The molecule has 0 amide bonds. The molecule has 0 bridgehead atoms. The molecule has 18 heavy (non-hydrogen) atoms. The Labute approximate surface area is 107 Å². The summed E-state index contributed by atoms with van der Waals surface area (Å²) in [4.78, 5) is 10.7. The van der Waals surface area contributed by atoms with Crippen LogP contribution < -0.4 is 10.5 Å². The number of ether oxygens (including phenoxy) is 2. The number of nitrogens with two attached hydrogens (primary N) is 1. The third-order valence-electron chi connectivity index (χ3n) is 3.02. The van der Waals surface area contributed by atoms with Gasteiger partial charge in [-0.2, -0.15) is 0 Å². The molecular weight excluding hydrogens is 232 g/mol. The van der Waals surface area contributed by atoms with Gasteiger partial charge in [0.25, 0.3) is 0 Å². The minimum absolute atomic E-state index is 0.157. The van der Waals surface area contributed by atoms with E-state index in [4.69, 9.17) is 15.2 Å². The summed E-state index contributed by atoms with van der Waals surface area (Å²) in [5, 5.41) is 0. The largest absolute Gasteiger partial charge is 0.464 e. The van der Waals surface area contributed by atoms with Gasteiger partial charge in [0.2, 0.25) is 0 Å². The van der Waals surface area contributed by atoms with Gasteiger partial charge in [-0.3, -0.25) is 4.90 Å². The van der Waals surface area contributed by atoms with E-state index in [1.165, 1.54) is 0 Å². The molecule has 1 aromatic rings. The molecule has 1 atom stereocenters. The van der Waals surface area contributed by atoms with Crippen LogP contribution >= 0.6 is 0 Å². The molecule has 1 aliphatic heterocycles. The lowest BCUT2D eigenvalue weighted by Gasteiger charge is -2.33. The molecule has 2 rings (SSSR count). The first kappa shape index (κ1) is 13.2. The molecule has 6 nitrogen and oxygen atoms in total. The van der Waals surface area contributed by atoms with Gasteiger partial charge in [0.05, 0.1) is 25.9 Å². The molecule has 0 saturated carbocycles. The summed E-state index contributed by atoms with van der Waals surface area (Å²) in [5.74, 6) is 0. The first-order valence-corrected chi connectivity index (χ1v) is 6.31. The average Bonchev–Trinajstić information content (AvgIpc) is 2.43. The zero-order valence-electron chi connectivity index (χ0n) is 10.7. The second-order valence-electron chi connectivity index (χ2n) is 4.13. The van der Waals surface area contributed by atoms with E-state index < -0.39 is 0 Å². The lowest BCUT2D eigenvalue weighted by Crippen LogP contribution is -2.41. The van der Waals surface area contributed by atoms with E-state index in [0.29, 0.717) is 19.2 Å². The van der Waals surface area contributed by atoms with Crippen LogP contribution in [0.1, 0.15) is 18.5 Å². The van der Waals surface area contributed by atoms with Gasteiger partial charge in [-0.25, -0.2) is 9.97 Å². The fraction of sp³-hybridized carbons (Fsp3) is 0.667. The molecule has 1 fully saturated rings. The summed E-state index contributed by atoms with van der Waals surface area (Å²) in [7, 11) is 0. The molecule has 0 aliphatic carbocycles. The van der Waals surface area contributed by atoms with Crippen LogP contribution in [0.4, 0.5) is 0 Å². The second kappa shape index (κ2) is 6.63. The van der Waals surface area contributed by atoms with Crippen molar-refractivity contribution >= 4 is 0 Å². The predicted molar refractivity (Wildman–Crippen MR) is 67.4 cm³/mol. The van der Waals surface area contributed by atoms with Crippen LogP contribution in [0, 0.1) is 0 Å². The Balaban J connectivity index is 2.06. The topological polar surface area (TPSA) is 73.5 Å². The van der Waals surface area contributed by atoms with Crippen molar-refractivity contribution in [3.05, 3.63) is 18.0 Å². The van der Waals surface area contributed by atoms with E-state index in [9.17, 15) is 0 Å². The molecule has 0 spiro atoms. The number of morpholine rings is 1. The van der Waals surface area contributed by atoms with E-state index in [2.05, 4.69) is 14.9 Å². The van der Waals surface area contributed by atoms with Crippen molar-refractivity contribution in [2.24, 2.45) is 5.73 Å². The van der Waals surface area contributed by atoms with Gasteiger partial charge in [-0.15, -0.1) is 0 Å². The van der Waals surface area contributed by atoms with E-state index in [-0.39, 0.29) is 6.04 Å². The number of aromatic nitrogens is 2. The van der Waals surface area contributed by atoms with Gasteiger partial charge in [0, 0.05) is 37.6 Å². The van der Waals surface area contributed by atoms with Crippen molar-refractivity contribution in [1.82, 2.24) is 14.9 Å². The van der Waals surface area contributed by atoms with Crippen LogP contribution in [0.15, 0.2) is 12.4 Å². The van der Waals surface area contributed by atoms with E-state index in [0.717, 1.165) is 31.9 Å². The lowest BCUT2D eigenvalue weighted by molar-refractivity contribution is 0.0177. The highest BCUT2D eigenvalue weighted by Gasteiger charge is 2.21. The maximum Gasteiger partial charge on any atom is 0.316 e. The summed E-state index contributed by atoms with van der Waals surface area (Å²) in [5.41, 5.74) is 6.89. The van der Waals surface area contributed by atoms with Crippen LogP contribution in [0.3, 0.4) is 0 Å². The van der Waals surface area contributed by atoms with E-state index in [1.54, 1.807) is 12.4 Å². The van der Waals surface area contributed by atoms with Gasteiger partial charge in [-0.1, -0.05) is 0 Å². The first-order valence-electron chi connectivity index (χ1n) is 6.31. The minimum atomic E-state index is 0.157. The molecule has 100 valence electrons. The minimum Gasteiger partial charge on any atom is -0.464 e. The highest BCUT2D eigenvalue weighted by atomic mass is 16.5. The fourth-order valence-corrected chi connectivity index (χ4v) is 2.09. The Bertz CT molecular complexity index is 352. The zero-order chi connectivity index (χ0) is 12.8. The van der Waals surface area contributed by atoms with Crippen molar-refractivity contribution in [1.29, 1.82) is 0 Å². The summed E-state index contributed by atoms with van der Waals surface area (Å²) in [6.45, 7) is 6.35. The number of hydrogen-bond donors (Lipinski definition) is 1. The van der Waals surface area contributed by atoms with Crippen molar-refractivity contribution < 1.29 is 9.47 Å². The van der Waals surface area contributed by atoms with Gasteiger partial charge in [-0.05, 0) is 6.92 Å². The molecular formula is C12H20N4O2. The lowest BCUT2D eigenvalue weighted by atomic mass is 10.1. The normalized spacial score (nSPS) is 18.6. The molecule has 1 saturated heterocycles. The molecule has 1 aliphatic rings. The molecule has 0 radical (unpaired) electrons. The predicted octanol–water partition coefficient (Wildman–Crippen LogP) is 0.207. The van der Waals surface area contributed by atoms with Crippen LogP contribution in [0.5, 0.6) is 6.01 Å². The van der Waals surface area contributed by atoms with E-state index >= 15 is 0 Å². The summed E-state index contributed by atoms with van der Waals surface area (Å²) >= 11 is 0. The van der Waals surface area contributed by atoms with Crippen molar-refractivity contribution in [3.8, 4) is 6.01 Å². The Kier molecular flexibility index (Phi) is 4.86. The average molecular weight is 252 g/mol. The molecule has 1 unspecified atom stereocenters. The maximum atomic E-state index is 5.86.